The molecule has 0 aliphatic carbocycles. The molecule has 0 unspecified atom stereocenters. The molecule has 2 rings (SSSR count). The van der Waals surface area contributed by atoms with Gasteiger partial charge >= 0.3 is 0 Å². The van der Waals surface area contributed by atoms with Crippen LogP contribution >= 0.6 is 0 Å². The summed E-state index contributed by atoms with van der Waals surface area (Å²) in [4.78, 5) is 11.9. The van der Waals surface area contributed by atoms with Gasteiger partial charge in [0.05, 0.1) is 0 Å². The van der Waals surface area contributed by atoms with Crippen LogP contribution < -0.4 is 11.1 Å². The van der Waals surface area contributed by atoms with Crippen LogP contribution in [0.1, 0.15) is 26.7 Å². The number of carbonyl (C=O) groups excluding carboxylic acids is 1. The number of hydrogen-bond acceptors (Lipinski definition) is 4. The van der Waals surface area contributed by atoms with Gasteiger partial charge in [0, 0.05) is 30.3 Å². The zero-order valence-electron chi connectivity index (χ0n) is 12.6. The number of nitrogens with two attached hydrogens (primary N) is 1. The van der Waals surface area contributed by atoms with Gasteiger partial charge in [-0.3, -0.25) is 4.79 Å². The van der Waals surface area contributed by atoms with Crippen LogP contribution in [0, 0.1) is 0 Å². The van der Waals surface area contributed by atoms with Crippen LogP contribution in [-0.4, -0.2) is 26.2 Å². The van der Waals surface area contributed by atoms with E-state index in [2.05, 4.69) is 15.5 Å². The van der Waals surface area contributed by atoms with Crippen molar-refractivity contribution in [2.75, 3.05) is 5.32 Å². The third-order valence-electron chi connectivity index (χ3n) is 3.11. The van der Waals surface area contributed by atoms with E-state index in [1.807, 2.05) is 49.7 Å². The fourth-order valence-electron chi connectivity index (χ4n) is 1.94. The molecule has 0 spiro atoms. The number of carbonyl (C=O) groups is 1. The van der Waals surface area contributed by atoms with Crippen molar-refractivity contribution < 1.29 is 4.79 Å². The molecule has 0 fully saturated rings. The molecule has 0 aliphatic rings. The molecule has 1 aromatic carbocycles. The van der Waals surface area contributed by atoms with Crippen molar-refractivity contribution in [3.05, 3.63) is 30.6 Å². The Bertz CT molecular complexity index is 627. The van der Waals surface area contributed by atoms with E-state index in [0.717, 1.165) is 17.1 Å². The first-order valence-corrected chi connectivity index (χ1v) is 6.88. The minimum atomic E-state index is -0.335. The quantitative estimate of drug-likeness (QED) is 0.880. The molecule has 6 nitrogen and oxygen atoms in total. The number of anilines is 1. The van der Waals surface area contributed by atoms with Crippen LogP contribution in [0.4, 0.5) is 5.69 Å². The molecule has 0 radical (unpaired) electrons. The Kier molecular flexibility index (Phi) is 4.37. The molecule has 0 atom stereocenters. The number of nitrogens with one attached hydrogen (secondary N) is 1. The van der Waals surface area contributed by atoms with E-state index in [-0.39, 0.29) is 11.4 Å². The molecule has 21 heavy (non-hydrogen) atoms. The summed E-state index contributed by atoms with van der Waals surface area (Å²) < 4.78 is 1.83. The molecular weight excluding hydrogens is 266 g/mol. The fraction of sp³-hybridized carbons (Fsp3) is 0.400. The SMILES string of the molecule is Cn1cnnc1-c1cccc(NC(=O)CCC(C)(C)N)c1. The minimum Gasteiger partial charge on any atom is -0.326 e. The van der Waals surface area contributed by atoms with Crippen molar-refractivity contribution in [2.45, 2.75) is 32.2 Å². The minimum absolute atomic E-state index is 0.0383. The van der Waals surface area contributed by atoms with E-state index in [9.17, 15) is 4.79 Å². The Labute approximate surface area is 124 Å². The molecule has 1 amide bonds. The zero-order valence-corrected chi connectivity index (χ0v) is 12.6. The number of rotatable bonds is 5. The lowest BCUT2D eigenvalue weighted by molar-refractivity contribution is -0.116. The number of hydrogen-bond donors (Lipinski definition) is 2. The van der Waals surface area contributed by atoms with Crippen LogP contribution in [-0.2, 0) is 11.8 Å². The highest BCUT2D eigenvalue weighted by atomic mass is 16.1. The van der Waals surface area contributed by atoms with E-state index in [4.69, 9.17) is 5.73 Å². The van der Waals surface area contributed by atoms with Crippen molar-refractivity contribution in [3.63, 3.8) is 0 Å². The smallest absolute Gasteiger partial charge is 0.224 e. The van der Waals surface area contributed by atoms with Crippen LogP contribution in [0.15, 0.2) is 30.6 Å². The molecule has 3 N–H and O–H groups in total. The van der Waals surface area contributed by atoms with Crippen LogP contribution in [0.5, 0.6) is 0 Å². The maximum absolute atomic E-state index is 11.9. The second kappa shape index (κ2) is 6.05. The predicted octanol–water partition coefficient (Wildman–Crippen LogP) is 1.94. The first-order chi connectivity index (χ1) is 9.85. The summed E-state index contributed by atoms with van der Waals surface area (Å²) >= 11 is 0. The van der Waals surface area contributed by atoms with Gasteiger partial charge in [-0.1, -0.05) is 12.1 Å². The molecule has 1 heterocycles. The maximum atomic E-state index is 11.9. The Morgan fingerprint density at radius 2 is 2.19 bits per heavy atom. The highest BCUT2D eigenvalue weighted by Gasteiger charge is 2.13. The first kappa shape index (κ1) is 15.2. The van der Waals surface area contributed by atoms with E-state index >= 15 is 0 Å². The third-order valence-corrected chi connectivity index (χ3v) is 3.11. The normalized spacial score (nSPS) is 11.4. The largest absolute Gasteiger partial charge is 0.326 e. The second-order valence-corrected chi connectivity index (χ2v) is 5.88. The molecule has 0 saturated heterocycles. The van der Waals surface area contributed by atoms with Gasteiger partial charge in [0.2, 0.25) is 5.91 Å². The summed E-state index contributed by atoms with van der Waals surface area (Å²) in [6.45, 7) is 3.82. The Morgan fingerprint density at radius 3 is 2.81 bits per heavy atom. The lowest BCUT2D eigenvalue weighted by Crippen LogP contribution is -2.33. The molecule has 112 valence electrons. The third kappa shape index (κ3) is 4.39. The van der Waals surface area contributed by atoms with Gasteiger partial charge in [-0.2, -0.15) is 0 Å². The number of nitrogens with zero attached hydrogens (tertiary/aromatic N) is 3. The van der Waals surface area contributed by atoms with E-state index in [1.54, 1.807) is 6.33 Å². The molecule has 0 saturated carbocycles. The monoisotopic (exact) mass is 287 g/mol. The van der Waals surface area contributed by atoms with Crippen molar-refractivity contribution in [1.29, 1.82) is 0 Å². The lowest BCUT2D eigenvalue weighted by atomic mass is 10.00. The van der Waals surface area contributed by atoms with Gasteiger partial charge in [0.15, 0.2) is 5.82 Å². The Balaban J connectivity index is 2.05. The van der Waals surface area contributed by atoms with Gasteiger partial charge in [0.25, 0.3) is 0 Å². The standard InChI is InChI=1S/C15H21N5O/c1-15(2,16)8-7-13(21)18-12-6-4-5-11(9-12)14-19-17-10-20(14)3/h4-6,9-10H,7-8,16H2,1-3H3,(H,18,21). The Morgan fingerprint density at radius 1 is 1.43 bits per heavy atom. The first-order valence-electron chi connectivity index (χ1n) is 6.88. The molecule has 2 aromatic rings. The number of amides is 1. The molecule has 0 bridgehead atoms. The maximum Gasteiger partial charge on any atom is 0.224 e. The van der Waals surface area contributed by atoms with Crippen LogP contribution in [0.3, 0.4) is 0 Å². The van der Waals surface area contributed by atoms with E-state index in [1.165, 1.54) is 0 Å². The zero-order chi connectivity index (χ0) is 15.5. The van der Waals surface area contributed by atoms with Gasteiger partial charge in [-0.25, -0.2) is 0 Å². The van der Waals surface area contributed by atoms with Crippen molar-refractivity contribution in [1.82, 2.24) is 14.8 Å². The summed E-state index contributed by atoms with van der Waals surface area (Å²) in [6.07, 6.45) is 2.68. The van der Waals surface area contributed by atoms with E-state index < -0.39 is 0 Å². The van der Waals surface area contributed by atoms with Crippen LogP contribution in [0.2, 0.25) is 0 Å². The highest BCUT2D eigenvalue weighted by molar-refractivity contribution is 5.91. The average molecular weight is 287 g/mol. The van der Waals surface area contributed by atoms with Crippen LogP contribution in [0.25, 0.3) is 11.4 Å². The summed E-state index contributed by atoms with van der Waals surface area (Å²) in [5.41, 5.74) is 7.20. The lowest BCUT2D eigenvalue weighted by Gasteiger charge is -2.17. The fourth-order valence-corrected chi connectivity index (χ4v) is 1.94. The summed E-state index contributed by atoms with van der Waals surface area (Å²) in [5.74, 6) is 0.720. The van der Waals surface area contributed by atoms with Gasteiger partial charge in [-0.15, -0.1) is 10.2 Å². The number of benzene rings is 1. The summed E-state index contributed by atoms with van der Waals surface area (Å²) in [6, 6.07) is 7.55. The second-order valence-electron chi connectivity index (χ2n) is 5.88. The van der Waals surface area contributed by atoms with Crippen molar-refractivity contribution >= 4 is 11.6 Å². The van der Waals surface area contributed by atoms with E-state index in [0.29, 0.717) is 12.8 Å². The van der Waals surface area contributed by atoms with Crippen molar-refractivity contribution in [2.24, 2.45) is 12.8 Å². The molecule has 0 aliphatic heterocycles. The number of aromatic nitrogens is 3. The van der Waals surface area contributed by atoms with Gasteiger partial charge in [-0.05, 0) is 32.4 Å². The molecule has 1 aromatic heterocycles. The topological polar surface area (TPSA) is 85.8 Å². The Hall–Kier alpha value is -2.21. The number of aryl methyl sites for hydroxylation is 1. The van der Waals surface area contributed by atoms with Gasteiger partial charge < -0.3 is 15.6 Å². The van der Waals surface area contributed by atoms with Gasteiger partial charge in [0.1, 0.15) is 6.33 Å². The van der Waals surface area contributed by atoms with Crippen molar-refractivity contribution in [3.8, 4) is 11.4 Å². The molecular formula is C15H21N5O. The summed E-state index contributed by atoms with van der Waals surface area (Å²) in [7, 11) is 1.88. The highest BCUT2D eigenvalue weighted by Crippen LogP contribution is 2.20. The molecule has 6 heteroatoms. The predicted molar refractivity (Wildman–Crippen MR) is 82.6 cm³/mol. The average Bonchev–Trinajstić information content (AvgIpc) is 2.82. The summed E-state index contributed by atoms with van der Waals surface area (Å²) in [5, 5.41) is 10.8.